The van der Waals surface area contributed by atoms with Crippen molar-refractivity contribution in [2.45, 2.75) is 78.1 Å². The summed E-state index contributed by atoms with van der Waals surface area (Å²) in [5, 5.41) is 0. The SMILES string of the molecule is CC(=O)N(C=O)CC(C)C1CCCCCCCCCC1. The zero-order valence-corrected chi connectivity index (χ0v) is 13.3. The van der Waals surface area contributed by atoms with E-state index < -0.39 is 0 Å². The summed E-state index contributed by atoms with van der Waals surface area (Å²) in [4.78, 5) is 23.6. The number of imide groups is 1. The van der Waals surface area contributed by atoms with Gasteiger partial charge in [0.2, 0.25) is 12.3 Å². The maximum Gasteiger partial charge on any atom is 0.225 e. The molecule has 1 aliphatic rings. The normalized spacial score (nSPS) is 20.7. The molecule has 1 atom stereocenters. The summed E-state index contributed by atoms with van der Waals surface area (Å²) >= 11 is 0. The van der Waals surface area contributed by atoms with Crippen LogP contribution in [0.3, 0.4) is 0 Å². The maximum atomic E-state index is 11.4. The fourth-order valence-electron chi connectivity index (χ4n) is 3.29. The Labute approximate surface area is 124 Å². The molecule has 0 radical (unpaired) electrons. The van der Waals surface area contributed by atoms with Gasteiger partial charge >= 0.3 is 0 Å². The van der Waals surface area contributed by atoms with Gasteiger partial charge in [-0.3, -0.25) is 14.5 Å². The van der Waals surface area contributed by atoms with Crippen molar-refractivity contribution in [1.29, 1.82) is 0 Å². The zero-order valence-electron chi connectivity index (χ0n) is 13.3. The molecule has 20 heavy (non-hydrogen) atoms. The third-order valence-electron chi connectivity index (χ3n) is 4.72. The largest absolute Gasteiger partial charge is 0.285 e. The van der Waals surface area contributed by atoms with Crippen LogP contribution in [0.5, 0.6) is 0 Å². The van der Waals surface area contributed by atoms with Crippen molar-refractivity contribution in [2.24, 2.45) is 11.8 Å². The van der Waals surface area contributed by atoms with Crippen molar-refractivity contribution in [3.8, 4) is 0 Å². The van der Waals surface area contributed by atoms with Crippen LogP contribution in [0.25, 0.3) is 0 Å². The van der Waals surface area contributed by atoms with Gasteiger partial charge in [0.1, 0.15) is 0 Å². The van der Waals surface area contributed by atoms with Crippen LogP contribution in [0, 0.1) is 11.8 Å². The highest BCUT2D eigenvalue weighted by Gasteiger charge is 2.21. The first kappa shape index (κ1) is 17.2. The van der Waals surface area contributed by atoms with Crippen molar-refractivity contribution in [3.05, 3.63) is 0 Å². The molecule has 1 fully saturated rings. The molecule has 1 aliphatic carbocycles. The minimum absolute atomic E-state index is 0.136. The predicted octanol–water partition coefficient (Wildman–Crippen LogP) is 4.16. The molecule has 0 bridgehead atoms. The van der Waals surface area contributed by atoms with Crippen LogP contribution in [0.15, 0.2) is 0 Å². The lowest BCUT2D eigenvalue weighted by Crippen LogP contribution is -2.34. The lowest BCUT2D eigenvalue weighted by atomic mass is 9.84. The van der Waals surface area contributed by atoms with Crippen LogP contribution < -0.4 is 0 Å². The monoisotopic (exact) mass is 281 g/mol. The van der Waals surface area contributed by atoms with Gasteiger partial charge < -0.3 is 0 Å². The van der Waals surface area contributed by atoms with E-state index >= 15 is 0 Å². The number of carbonyl (C=O) groups is 2. The fraction of sp³-hybridized carbons (Fsp3) is 0.882. The van der Waals surface area contributed by atoms with Crippen molar-refractivity contribution < 1.29 is 9.59 Å². The molecule has 1 saturated carbocycles. The van der Waals surface area contributed by atoms with E-state index in [2.05, 4.69) is 6.92 Å². The minimum atomic E-state index is -0.136. The summed E-state index contributed by atoms with van der Waals surface area (Å²) in [6.45, 7) is 4.26. The van der Waals surface area contributed by atoms with Gasteiger partial charge in [0, 0.05) is 13.5 Å². The second-order valence-electron chi connectivity index (χ2n) is 6.42. The van der Waals surface area contributed by atoms with E-state index in [4.69, 9.17) is 0 Å². The molecule has 0 aliphatic heterocycles. The average Bonchev–Trinajstić information content (AvgIpc) is 2.49. The lowest BCUT2D eigenvalue weighted by molar-refractivity contribution is -0.137. The lowest BCUT2D eigenvalue weighted by Gasteiger charge is -2.27. The number of hydrogen-bond acceptors (Lipinski definition) is 2. The molecule has 0 aromatic heterocycles. The topological polar surface area (TPSA) is 37.4 Å². The molecule has 0 aromatic rings. The molecule has 3 heteroatoms. The Morgan fingerprint density at radius 2 is 1.50 bits per heavy atom. The smallest absolute Gasteiger partial charge is 0.225 e. The molecule has 0 spiro atoms. The quantitative estimate of drug-likeness (QED) is 0.726. The molecule has 0 N–H and O–H groups in total. The first-order valence-electron chi connectivity index (χ1n) is 8.37. The Bertz CT molecular complexity index is 279. The van der Waals surface area contributed by atoms with E-state index in [1.807, 2.05) is 0 Å². The summed E-state index contributed by atoms with van der Waals surface area (Å²) in [5.41, 5.74) is 0. The van der Waals surface area contributed by atoms with Gasteiger partial charge in [-0.15, -0.1) is 0 Å². The summed E-state index contributed by atoms with van der Waals surface area (Å²) in [6, 6.07) is 0. The highest BCUT2D eigenvalue weighted by molar-refractivity contribution is 5.84. The van der Waals surface area contributed by atoms with Crippen molar-refractivity contribution in [1.82, 2.24) is 4.90 Å². The molecule has 3 nitrogen and oxygen atoms in total. The van der Waals surface area contributed by atoms with Gasteiger partial charge in [0.25, 0.3) is 0 Å². The Morgan fingerprint density at radius 1 is 1.05 bits per heavy atom. The minimum Gasteiger partial charge on any atom is -0.285 e. The van der Waals surface area contributed by atoms with E-state index in [-0.39, 0.29) is 5.91 Å². The van der Waals surface area contributed by atoms with Crippen LogP contribution in [0.1, 0.15) is 78.1 Å². The first-order valence-corrected chi connectivity index (χ1v) is 8.37. The Balaban J connectivity index is 2.49. The van der Waals surface area contributed by atoms with Crippen molar-refractivity contribution in [2.75, 3.05) is 6.54 Å². The number of amides is 2. The fourth-order valence-corrected chi connectivity index (χ4v) is 3.29. The molecule has 116 valence electrons. The van der Waals surface area contributed by atoms with E-state index in [1.54, 1.807) is 0 Å². The van der Waals surface area contributed by atoms with Crippen LogP contribution in [-0.4, -0.2) is 23.8 Å². The second-order valence-corrected chi connectivity index (χ2v) is 6.42. The molecular weight excluding hydrogens is 250 g/mol. The molecule has 0 aromatic carbocycles. The molecule has 0 saturated heterocycles. The van der Waals surface area contributed by atoms with Gasteiger partial charge in [-0.1, -0.05) is 71.1 Å². The van der Waals surface area contributed by atoms with Gasteiger partial charge in [-0.05, 0) is 11.8 Å². The third-order valence-corrected chi connectivity index (χ3v) is 4.72. The third kappa shape index (κ3) is 6.53. The number of hydrogen-bond donors (Lipinski definition) is 0. The van der Waals surface area contributed by atoms with Gasteiger partial charge in [-0.25, -0.2) is 0 Å². The zero-order chi connectivity index (χ0) is 14.8. The molecule has 2 amide bonds. The summed E-state index contributed by atoms with van der Waals surface area (Å²) in [6.07, 6.45) is 14.0. The van der Waals surface area contributed by atoms with E-state index in [1.165, 1.54) is 76.0 Å². The van der Waals surface area contributed by atoms with Crippen LogP contribution >= 0.6 is 0 Å². The number of rotatable bonds is 4. The highest BCUT2D eigenvalue weighted by atomic mass is 16.2. The Hall–Kier alpha value is -0.860. The molecule has 0 heterocycles. The van der Waals surface area contributed by atoms with Gasteiger partial charge in [0.05, 0.1) is 0 Å². The second kappa shape index (κ2) is 9.95. The summed E-state index contributed by atoms with van der Waals surface area (Å²) in [7, 11) is 0. The van der Waals surface area contributed by atoms with Crippen LogP contribution in [0.2, 0.25) is 0 Å². The van der Waals surface area contributed by atoms with Crippen LogP contribution in [-0.2, 0) is 9.59 Å². The molecular formula is C17H31NO2. The number of nitrogens with zero attached hydrogens (tertiary/aromatic N) is 1. The van der Waals surface area contributed by atoms with Crippen molar-refractivity contribution in [3.63, 3.8) is 0 Å². The van der Waals surface area contributed by atoms with Gasteiger partial charge in [0.15, 0.2) is 0 Å². The maximum absolute atomic E-state index is 11.4. The van der Waals surface area contributed by atoms with E-state index in [0.717, 1.165) is 0 Å². The predicted molar refractivity (Wildman–Crippen MR) is 82.3 cm³/mol. The molecule has 1 unspecified atom stereocenters. The summed E-state index contributed by atoms with van der Waals surface area (Å²) < 4.78 is 0. The Kier molecular flexibility index (Phi) is 8.56. The number of carbonyl (C=O) groups excluding carboxylic acids is 2. The first-order chi connectivity index (χ1) is 9.65. The standard InChI is InChI=1S/C17H31NO2/c1-15(13-18(14-19)16(2)20)17-11-9-7-5-3-4-6-8-10-12-17/h14-15,17H,3-13H2,1-2H3. The summed E-state index contributed by atoms with van der Waals surface area (Å²) in [5.74, 6) is 0.947. The van der Waals surface area contributed by atoms with E-state index in [0.29, 0.717) is 24.8 Å². The van der Waals surface area contributed by atoms with Crippen LogP contribution in [0.4, 0.5) is 0 Å². The van der Waals surface area contributed by atoms with Crippen molar-refractivity contribution >= 4 is 12.3 Å². The van der Waals surface area contributed by atoms with E-state index in [9.17, 15) is 9.59 Å². The average molecular weight is 281 g/mol. The van der Waals surface area contributed by atoms with Gasteiger partial charge in [-0.2, -0.15) is 0 Å². The Morgan fingerprint density at radius 3 is 1.90 bits per heavy atom. The highest BCUT2D eigenvalue weighted by Crippen LogP contribution is 2.27. The molecule has 1 rings (SSSR count).